The van der Waals surface area contributed by atoms with Gasteiger partial charge in [-0.15, -0.1) is 11.3 Å². The van der Waals surface area contributed by atoms with E-state index in [1.165, 1.54) is 40.4 Å². The molecule has 23 heavy (non-hydrogen) atoms. The summed E-state index contributed by atoms with van der Waals surface area (Å²) < 4.78 is 5.32. The number of hydrogen-bond donors (Lipinski definition) is 0. The molecule has 0 radical (unpaired) electrons. The lowest BCUT2D eigenvalue weighted by atomic mass is 9.97. The zero-order valence-electron chi connectivity index (χ0n) is 13.6. The lowest BCUT2D eigenvalue weighted by molar-refractivity contribution is -0.142. The lowest BCUT2D eigenvalue weighted by Crippen LogP contribution is -2.17. The highest BCUT2D eigenvalue weighted by Crippen LogP contribution is 2.40. The molecule has 1 atom stereocenters. The monoisotopic (exact) mass is 350 g/mol. The topological polar surface area (TPSA) is 52.1 Å². The van der Waals surface area contributed by atoms with E-state index < -0.39 is 0 Å². The van der Waals surface area contributed by atoms with Crippen molar-refractivity contribution in [1.29, 1.82) is 0 Å². The number of nitrogens with zero attached hydrogens (tertiary/aromatic N) is 2. The standard InChI is InChI=1S/C17H22N2O2S2/c1-3-4-9-21-17(20)11(2)22-15-14-12-7-5-6-8-13(12)23-16(14)19-10-18-15/h10-11H,3-9H2,1-2H3/t11-/m0/s1. The van der Waals surface area contributed by atoms with Gasteiger partial charge in [0.2, 0.25) is 0 Å². The summed E-state index contributed by atoms with van der Waals surface area (Å²) in [5.41, 5.74) is 1.41. The number of thioether (sulfide) groups is 1. The van der Waals surface area contributed by atoms with Gasteiger partial charge in [-0.05, 0) is 44.6 Å². The van der Waals surface area contributed by atoms with E-state index in [9.17, 15) is 4.79 Å². The minimum atomic E-state index is -0.246. The highest BCUT2D eigenvalue weighted by atomic mass is 32.2. The summed E-state index contributed by atoms with van der Waals surface area (Å²) in [5, 5.41) is 1.85. The minimum absolute atomic E-state index is 0.153. The van der Waals surface area contributed by atoms with Crippen LogP contribution in [0.5, 0.6) is 0 Å². The van der Waals surface area contributed by atoms with Gasteiger partial charge in [-0.2, -0.15) is 0 Å². The van der Waals surface area contributed by atoms with Crippen LogP contribution in [0.25, 0.3) is 10.2 Å². The Hall–Kier alpha value is -1.14. The number of carbonyl (C=O) groups is 1. The number of carbonyl (C=O) groups excluding carboxylic acids is 1. The predicted octanol–water partition coefficient (Wildman–Crippen LogP) is 4.39. The summed E-state index contributed by atoms with van der Waals surface area (Å²) in [6.45, 7) is 4.49. The fraction of sp³-hybridized carbons (Fsp3) is 0.588. The van der Waals surface area contributed by atoms with E-state index in [4.69, 9.17) is 4.74 Å². The average molecular weight is 351 g/mol. The van der Waals surface area contributed by atoms with Crippen LogP contribution >= 0.6 is 23.1 Å². The molecule has 2 aromatic heterocycles. The van der Waals surface area contributed by atoms with Crippen LogP contribution in [-0.4, -0.2) is 27.8 Å². The Morgan fingerprint density at radius 3 is 3.04 bits per heavy atom. The summed E-state index contributed by atoms with van der Waals surface area (Å²) in [7, 11) is 0. The maximum absolute atomic E-state index is 12.1. The molecule has 124 valence electrons. The van der Waals surface area contributed by atoms with Crippen LogP contribution in [0.2, 0.25) is 0 Å². The maximum atomic E-state index is 12.1. The molecule has 0 unspecified atom stereocenters. The van der Waals surface area contributed by atoms with Crippen molar-refractivity contribution in [3.8, 4) is 0 Å². The molecule has 0 N–H and O–H groups in total. The average Bonchev–Trinajstić information content (AvgIpc) is 2.94. The zero-order chi connectivity index (χ0) is 16.2. The molecule has 1 aliphatic carbocycles. The molecule has 1 aliphatic rings. The van der Waals surface area contributed by atoms with Crippen LogP contribution in [0, 0.1) is 0 Å². The Balaban J connectivity index is 1.80. The Kier molecular flexibility index (Phi) is 5.54. The van der Waals surface area contributed by atoms with Crippen LogP contribution < -0.4 is 0 Å². The number of unbranched alkanes of at least 4 members (excludes halogenated alkanes) is 1. The first-order chi connectivity index (χ1) is 11.2. The second-order valence-corrected chi connectivity index (χ2v) is 8.26. The van der Waals surface area contributed by atoms with Crippen molar-refractivity contribution in [2.24, 2.45) is 0 Å². The Morgan fingerprint density at radius 1 is 1.39 bits per heavy atom. The van der Waals surface area contributed by atoms with Crippen molar-refractivity contribution in [2.45, 2.75) is 62.6 Å². The third kappa shape index (κ3) is 3.69. The summed E-state index contributed by atoms with van der Waals surface area (Å²) >= 11 is 3.28. The van der Waals surface area contributed by atoms with Gasteiger partial charge < -0.3 is 4.74 Å². The second kappa shape index (κ2) is 7.62. The first kappa shape index (κ1) is 16.7. The van der Waals surface area contributed by atoms with Crippen molar-refractivity contribution in [3.63, 3.8) is 0 Å². The van der Waals surface area contributed by atoms with Crippen molar-refractivity contribution in [3.05, 3.63) is 16.8 Å². The fourth-order valence-corrected chi connectivity index (χ4v) is 5.04. The molecule has 0 fully saturated rings. The van der Waals surface area contributed by atoms with Gasteiger partial charge in [0.15, 0.2) is 0 Å². The van der Waals surface area contributed by atoms with E-state index in [1.54, 1.807) is 17.7 Å². The Morgan fingerprint density at radius 2 is 2.22 bits per heavy atom. The van der Waals surface area contributed by atoms with Crippen LogP contribution in [0.4, 0.5) is 0 Å². The van der Waals surface area contributed by atoms with Gasteiger partial charge in [-0.3, -0.25) is 4.79 Å². The number of aromatic nitrogens is 2. The SMILES string of the molecule is CCCCOC(=O)[C@H](C)Sc1ncnc2sc3c(c12)CCCC3. The third-order valence-corrected chi connectivity index (χ3v) is 6.36. The quantitative estimate of drug-likeness (QED) is 0.335. The smallest absolute Gasteiger partial charge is 0.319 e. The van der Waals surface area contributed by atoms with Gasteiger partial charge in [0.05, 0.1) is 6.61 Å². The molecule has 4 nitrogen and oxygen atoms in total. The summed E-state index contributed by atoms with van der Waals surface area (Å²) in [6.07, 6.45) is 8.30. The van der Waals surface area contributed by atoms with E-state index in [-0.39, 0.29) is 11.2 Å². The lowest BCUT2D eigenvalue weighted by Gasteiger charge is -2.13. The third-order valence-electron chi connectivity index (χ3n) is 4.08. The fourth-order valence-electron chi connectivity index (χ4n) is 2.80. The minimum Gasteiger partial charge on any atom is -0.465 e. The molecule has 2 heterocycles. The molecule has 0 bridgehead atoms. The Bertz CT molecular complexity index is 699. The summed E-state index contributed by atoms with van der Waals surface area (Å²) in [4.78, 5) is 23.5. The van der Waals surface area contributed by atoms with E-state index >= 15 is 0 Å². The molecular weight excluding hydrogens is 328 g/mol. The number of hydrogen-bond acceptors (Lipinski definition) is 6. The summed E-state index contributed by atoms with van der Waals surface area (Å²) in [6, 6.07) is 0. The summed E-state index contributed by atoms with van der Waals surface area (Å²) in [5.74, 6) is -0.153. The van der Waals surface area contributed by atoms with E-state index in [0.29, 0.717) is 6.61 Å². The molecule has 0 aliphatic heterocycles. The van der Waals surface area contributed by atoms with Crippen LogP contribution in [0.1, 0.15) is 50.0 Å². The number of esters is 1. The highest BCUT2D eigenvalue weighted by Gasteiger charge is 2.23. The molecule has 0 spiro atoms. The molecule has 0 saturated carbocycles. The molecule has 0 aromatic carbocycles. The number of thiophene rings is 1. The van der Waals surface area contributed by atoms with E-state index in [2.05, 4.69) is 16.9 Å². The first-order valence-electron chi connectivity index (χ1n) is 8.29. The van der Waals surface area contributed by atoms with Gasteiger partial charge in [0.25, 0.3) is 0 Å². The van der Waals surface area contributed by atoms with Gasteiger partial charge in [-0.25, -0.2) is 9.97 Å². The van der Waals surface area contributed by atoms with Crippen molar-refractivity contribution >= 4 is 39.3 Å². The van der Waals surface area contributed by atoms with E-state index in [0.717, 1.165) is 35.5 Å². The van der Waals surface area contributed by atoms with Crippen LogP contribution in [0.15, 0.2) is 11.4 Å². The maximum Gasteiger partial charge on any atom is 0.319 e. The van der Waals surface area contributed by atoms with E-state index in [1.807, 2.05) is 6.92 Å². The van der Waals surface area contributed by atoms with Crippen molar-refractivity contribution < 1.29 is 9.53 Å². The van der Waals surface area contributed by atoms with Crippen LogP contribution in [0.3, 0.4) is 0 Å². The van der Waals surface area contributed by atoms with Gasteiger partial charge >= 0.3 is 5.97 Å². The van der Waals surface area contributed by atoms with Crippen molar-refractivity contribution in [1.82, 2.24) is 9.97 Å². The largest absolute Gasteiger partial charge is 0.465 e. The molecular formula is C17H22N2O2S2. The van der Waals surface area contributed by atoms with Gasteiger partial charge in [0.1, 0.15) is 21.4 Å². The van der Waals surface area contributed by atoms with Crippen molar-refractivity contribution in [2.75, 3.05) is 6.61 Å². The number of aryl methyl sites for hydroxylation is 2. The molecule has 0 saturated heterocycles. The number of rotatable bonds is 6. The number of ether oxygens (including phenoxy) is 1. The zero-order valence-corrected chi connectivity index (χ0v) is 15.3. The first-order valence-corrected chi connectivity index (χ1v) is 9.98. The van der Waals surface area contributed by atoms with Gasteiger partial charge in [0, 0.05) is 10.3 Å². The number of fused-ring (bicyclic) bond motifs is 3. The molecule has 6 heteroatoms. The molecule has 3 rings (SSSR count). The normalized spacial score (nSPS) is 15.4. The molecule has 2 aromatic rings. The highest BCUT2D eigenvalue weighted by molar-refractivity contribution is 8.00. The van der Waals surface area contributed by atoms with Crippen LogP contribution in [-0.2, 0) is 22.4 Å². The second-order valence-electron chi connectivity index (χ2n) is 5.85. The Labute approximate surface area is 145 Å². The molecule has 0 amide bonds. The predicted molar refractivity (Wildman–Crippen MR) is 95.2 cm³/mol. The van der Waals surface area contributed by atoms with Gasteiger partial charge in [-0.1, -0.05) is 25.1 Å².